The van der Waals surface area contributed by atoms with E-state index in [0.29, 0.717) is 22.6 Å². The van der Waals surface area contributed by atoms with Crippen LogP contribution in [0.4, 0.5) is 15.8 Å². The summed E-state index contributed by atoms with van der Waals surface area (Å²) in [6.45, 7) is 3.46. The molecule has 130 valence electrons. The minimum Gasteiger partial charge on any atom is -0.496 e. The van der Waals surface area contributed by atoms with E-state index in [0.717, 1.165) is 0 Å². The predicted octanol–water partition coefficient (Wildman–Crippen LogP) is 3.32. The van der Waals surface area contributed by atoms with E-state index >= 15 is 0 Å². The number of anilines is 2. The van der Waals surface area contributed by atoms with Gasteiger partial charge in [0.2, 0.25) is 0 Å². The highest BCUT2D eigenvalue weighted by Crippen LogP contribution is 2.30. The summed E-state index contributed by atoms with van der Waals surface area (Å²) in [4.78, 5) is 1.85. The first-order valence-electron chi connectivity index (χ1n) is 7.30. The number of aryl methyl sites for hydroxylation is 2. The van der Waals surface area contributed by atoms with E-state index in [4.69, 9.17) is 4.74 Å². The standard InChI is InChI=1S/C17H21FN2O3S/c1-11-9-17(12(2)8-16(11)23-5)24(21,22)19-14-10-13(18)6-7-15(14)20(3)4/h6-10,19H,1-5H3. The maximum Gasteiger partial charge on any atom is 0.262 e. The van der Waals surface area contributed by atoms with Gasteiger partial charge in [-0.3, -0.25) is 4.72 Å². The average molecular weight is 352 g/mol. The van der Waals surface area contributed by atoms with Gasteiger partial charge in [-0.2, -0.15) is 0 Å². The summed E-state index contributed by atoms with van der Waals surface area (Å²) >= 11 is 0. The second-order valence-corrected chi connectivity index (χ2v) is 7.40. The Kier molecular flexibility index (Phi) is 5.03. The van der Waals surface area contributed by atoms with Crippen molar-refractivity contribution in [2.24, 2.45) is 0 Å². The van der Waals surface area contributed by atoms with Crippen molar-refractivity contribution in [3.63, 3.8) is 0 Å². The molecule has 0 unspecified atom stereocenters. The zero-order chi connectivity index (χ0) is 18.1. The van der Waals surface area contributed by atoms with E-state index in [1.165, 1.54) is 25.3 Å². The van der Waals surface area contributed by atoms with Crippen molar-refractivity contribution in [1.82, 2.24) is 0 Å². The molecule has 0 aromatic heterocycles. The molecular weight excluding hydrogens is 331 g/mol. The molecule has 0 atom stereocenters. The molecule has 7 heteroatoms. The number of sulfonamides is 1. The predicted molar refractivity (Wildman–Crippen MR) is 94.0 cm³/mol. The van der Waals surface area contributed by atoms with Crippen LogP contribution in [0, 0.1) is 19.7 Å². The SMILES string of the molecule is COc1cc(C)c(S(=O)(=O)Nc2cc(F)ccc2N(C)C)cc1C. The summed E-state index contributed by atoms with van der Waals surface area (Å²) in [5.41, 5.74) is 2.01. The van der Waals surface area contributed by atoms with Crippen molar-refractivity contribution in [2.45, 2.75) is 18.7 Å². The molecule has 0 saturated carbocycles. The zero-order valence-corrected chi connectivity index (χ0v) is 15.2. The highest BCUT2D eigenvalue weighted by Gasteiger charge is 2.21. The van der Waals surface area contributed by atoms with E-state index in [1.807, 2.05) is 0 Å². The molecule has 0 heterocycles. The van der Waals surface area contributed by atoms with Gasteiger partial charge in [-0.25, -0.2) is 12.8 Å². The molecule has 0 saturated heterocycles. The number of methoxy groups -OCH3 is 1. The molecule has 5 nitrogen and oxygen atoms in total. The van der Waals surface area contributed by atoms with Crippen LogP contribution >= 0.6 is 0 Å². The number of halogens is 1. The van der Waals surface area contributed by atoms with E-state index < -0.39 is 15.8 Å². The maximum atomic E-state index is 13.6. The van der Waals surface area contributed by atoms with E-state index in [2.05, 4.69) is 4.72 Å². The van der Waals surface area contributed by atoms with Gasteiger partial charge >= 0.3 is 0 Å². The van der Waals surface area contributed by atoms with Gasteiger partial charge in [-0.15, -0.1) is 0 Å². The van der Waals surface area contributed by atoms with Crippen LogP contribution in [-0.2, 0) is 10.0 Å². The van der Waals surface area contributed by atoms with Gasteiger partial charge in [0.1, 0.15) is 11.6 Å². The van der Waals surface area contributed by atoms with Crippen molar-refractivity contribution in [3.05, 3.63) is 47.3 Å². The molecule has 2 aromatic rings. The molecule has 24 heavy (non-hydrogen) atoms. The maximum absolute atomic E-state index is 13.6. The Morgan fingerprint density at radius 2 is 1.75 bits per heavy atom. The van der Waals surface area contributed by atoms with Crippen LogP contribution in [-0.4, -0.2) is 29.6 Å². The molecule has 0 aliphatic rings. The minimum atomic E-state index is -3.86. The van der Waals surface area contributed by atoms with Crippen molar-refractivity contribution >= 4 is 21.4 Å². The summed E-state index contributed by atoms with van der Waals surface area (Å²) in [7, 11) is 1.18. The number of ether oxygens (including phenoxy) is 1. The second kappa shape index (κ2) is 6.68. The third-order valence-electron chi connectivity index (χ3n) is 3.67. The lowest BCUT2D eigenvalue weighted by atomic mass is 10.1. The van der Waals surface area contributed by atoms with Gasteiger partial charge < -0.3 is 9.64 Å². The fourth-order valence-corrected chi connectivity index (χ4v) is 3.83. The number of rotatable bonds is 5. The summed E-state index contributed by atoms with van der Waals surface area (Å²) < 4.78 is 46.8. The number of benzene rings is 2. The smallest absolute Gasteiger partial charge is 0.262 e. The third kappa shape index (κ3) is 3.62. The first-order chi connectivity index (χ1) is 11.2. The van der Waals surface area contributed by atoms with Crippen molar-refractivity contribution < 1.29 is 17.5 Å². The van der Waals surface area contributed by atoms with Crippen molar-refractivity contribution in [1.29, 1.82) is 0 Å². The third-order valence-corrected chi connectivity index (χ3v) is 5.17. The van der Waals surface area contributed by atoms with Crippen LogP contribution in [0.15, 0.2) is 35.2 Å². The van der Waals surface area contributed by atoms with Crippen molar-refractivity contribution in [3.8, 4) is 5.75 Å². The number of nitrogens with one attached hydrogen (secondary N) is 1. The number of hydrogen-bond donors (Lipinski definition) is 1. The lowest BCUT2D eigenvalue weighted by Gasteiger charge is -2.19. The highest BCUT2D eigenvalue weighted by atomic mass is 32.2. The largest absolute Gasteiger partial charge is 0.496 e. The van der Waals surface area contributed by atoms with Crippen LogP contribution < -0.4 is 14.4 Å². The van der Waals surface area contributed by atoms with Gasteiger partial charge in [-0.05, 0) is 49.2 Å². The molecule has 0 amide bonds. The van der Waals surface area contributed by atoms with Gasteiger partial charge in [-0.1, -0.05) is 0 Å². The Morgan fingerprint density at radius 3 is 2.33 bits per heavy atom. The number of nitrogens with zero attached hydrogens (tertiary/aromatic N) is 1. The molecule has 0 spiro atoms. The summed E-state index contributed by atoms with van der Waals surface area (Å²) in [5, 5.41) is 0. The second-order valence-electron chi connectivity index (χ2n) is 5.75. The molecule has 2 aromatic carbocycles. The molecule has 1 N–H and O–H groups in total. The minimum absolute atomic E-state index is 0.134. The monoisotopic (exact) mass is 352 g/mol. The topological polar surface area (TPSA) is 58.6 Å². The highest BCUT2D eigenvalue weighted by molar-refractivity contribution is 7.92. The Hall–Kier alpha value is -2.28. The van der Waals surface area contributed by atoms with Crippen LogP contribution in [0.2, 0.25) is 0 Å². The summed E-state index contributed by atoms with van der Waals surface area (Å²) in [6.07, 6.45) is 0. The van der Waals surface area contributed by atoms with E-state index in [1.54, 1.807) is 45.0 Å². The lowest BCUT2D eigenvalue weighted by Crippen LogP contribution is -2.18. The first kappa shape index (κ1) is 18.1. The summed E-state index contributed by atoms with van der Waals surface area (Å²) in [6, 6.07) is 7.20. The molecule has 0 aliphatic heterocycles. The molecule has 0 fully saturated rings. The normalized spacial score (nSPS) is 11.2. The Balaban J connectivity index is 2.50. The van der Waals surface area contributed by atoms with Gasteiger partial charge in [0, 0.05) is 20.2 Å². The first-order valence-corrected chi connectivity index (χ1v) is 8.79. The van der Waals surface area contributed by atoms with Gasteiger partial charge in [0.15, 0.2) is 0 Å². The Bertz CT molecular complexity index is 864. The Labute approximate surface area is 142 Å². The molecule has 0 aliphatic carbocycles. The Morgan fingerprint density at radius 1 is 1.08 bits per heavy atom. The van der Waals surface area contributed by atoms with E-state index in [9.17, 15) is 12.8 Å². The molecular formula is C17H21FN2O3S. The fraction of sp³-hybridized carbons (Fsp3) is 0.294. The molecule has 0 radical (unpaired) electrons. The number of hydrogen-bond acceptors (Lipinski definition) is 4. The van der Waals surface area contributed by atoms with Gasteiger partial charge in [0.25, 0.3) is 10.0 Å². The van der Waals surface area contributed by atoms with Crippen LogP contribution in [0.25, 0.3) is 0 Å². The lowest BCUT2D eigenvalue weighted by molar-refractivity contribution is 0.411. The van der Waals surface area contributed by atoms with Gasteiger partial charge in [0.05, 0.1) is 23.4 Å². The van der Waals surface area contributed by atoms with Crippen LogP contribution in [0.5, 0.6) is 5.75 Å². The molecule has 2 rings (SSSR count). The summed E-state index contributed by atoms with van der Waals surface area (Å²) in [5.74, 6) is 0.104. The fourth-order valence-electron chi connectivity index (χ4n) is 2.45. The van der Waals surface area contributed by atoms with Crippen LogP contribution in [0.1, 0.15) is 11.1 Å². The zero-order valence-electron chi connectivity index (χ0n) is 14.3. The van der Waals surface area contributed by atoms with Crippen molar-refractivity contribution in [2.75, 3.05) is 30.8 Å². The van der Waals surface area contributed by atoms with Crippen LogP contribution in [0.3, 0.4) is 0 Å². The molecule has 0 bridgehead atoms. The average Bonchev–Trinajstić information content (AvgIpc) is 2.48. The quantitative estimate of drug-likeness (QED) is 0.897. The van der Waals surface area contributed by atoms with E-state index in [-0.39, 0.29) is 10.6 Å².